The molecular formula is C15H18FNO3. The average molecular weight is 279 g/mol. The van der Waals surface area contributed by atoms with Crippen molar-refractivity contribution in [2.24, 2.45) is 5.41 Å². The molecule has 1 aromatic carbocycles. The first-order valence-corrected chi connectivity index (χ1v) is 6.44. The van der Waals surface area contributed by atoms with Gasteiger partial charge in [-0.1, -0.05) is 13.8 Å². The molecule has 4 nitrogen and oxygen atoms in total. The normalized spacial score (nSPS) is 11.8. The Morgan fingerprint density at radius 3 is 2.90 bits per heavy atom. The fourth-order valence-corrected chi connectivity index (χ4v) is 1.82. The van der Waals surface area contributed by atoms with Gasteiger partial charge in [-0.15, -0.1) is 0 Å². The zero-order chi connectivity index (χ0) is 14.8. The molecule has 0 unspecified atom stereocenters. The van der Waals surface area contributed by atoms with Crippen LogP contribution >= 0.6 is 0 Å². The average Bonchev–Trinajstić information content (AvgIpc) is 2.79. The highest BCUT2D eigenvalue weighted by Gasteiger charge is 2.18. The van der Waals surface area contributed by atoms with Crippen LogP contribution in [0.3, 0.4) is 0 Å². The van der Waals surface area contributed by atoms with Crippen LogP contribution in [-0.4, -0.2) is 24.2 Å². The van der Waals surface area contributed by atoms with Gasteiger partial charge in [0.05, 0.1) is 12.7 Å². The number of fused-ring (bicyclic) bond motifs is 1. The van der Waals surface area contributed by atoms with Crippen LogP contribution in [0.1, 0.15) is 19.4 Å². The number of aliphatic hydroxyl groups excluding tert-OH is 1. The molecule has 0 fully saturated rings. The van der Waals surface area contributed by atoms with Crippen molar-refractivity contribution in [1.82, 2.24) is 5.32 Å². The van der Waals surface area contributed by atoms with Crippen molar-refractivity contribution < 1.29 is 18.7 Å². The summed E-state index contributed by atoms with van der Waals surface area (Å²) in [4.78, 5) is 11.9. The Labute approximate surface area is 116 Å². The van der Waals surface area contributed by atoms with Crippen molar-refractivity contribution in [3.8, 4) is 0 Å². The number of carbonyl (C=O) groups is 1. The van der Waals surface area contributed by atoms with E-state index in [-0.39, 0.29) is 30.2 Å². The van der Waals surface area contributed by atoms with E-state index in [9.17, 15) is 9.18 Å². The summed E-state index contributed by atoms with van der Waals surface area (Å²) >= 11 is 0. The molecule has 0 radical (unpaired) electrons. The first-order chi connectivity index (χ1) is 9.41. The van der Waals surface area contributed by atoms with Gasteiger partial charge < -0.3 is 14.8 Å². The zero-order valence-electron chi connectivity index (χ0n) is 11.6. The number of nitrogens with one attached hydrogen (secondary N) is 1. The zero-order valence-corrected chi connectivity index (χ0v) is 11.6. The highest BCUT2D eigenvalue weighted by molar-refractivity contribution is 5.87. The quantitative estimate of drug-likeness (QED) is 0.882. The standard InChI is InChI=1S/C15H18FNO3/c1-15(2,9-18)8-17-14(19)5-10-7-20-13-4-3-11(16)6-12(10)13/h3-4,6-7,18H,5,8-9H2,1-2H3,(H,17,19). The lowest BCUT2D eigenvalue weighted by Gasteiger charge is -2.21. The van der Waals surface area contributed by atoms with Gasteiger partial charge in [-0.3, -0.25) is 4.79 Å². The van der Waals surface area contributed by atoms with Crippen LogP contribution in [0.5, 0.6) is 0 Å². The molecule has 1 heterocycles. The van der Waals surface area contributed by atoms with Gasteiger partial charge in [0.15, 0.2) is 0 Å². The monoisotopic (exact) mass is 279 g/mol. The second-order valence-electron chi connectivity index (χ2n) is 5.68. The lowest BCUT2D eigenvalue weighted by molar-refractivity contribution is -0.121. The third kappa shape index (κ3) is 3.36. The SMILES string of the molecule is CC(C)(CO)CNC(=O)Cc1coc2ccc(F)cc12. The van der Waals surface area contributed by atoms with Crippen LogP contribution in [0.15, 0.2) is 28.9 Å². The molecule has 5 heteroatoms. The van der Waals surface area contributed by atoms with E-state index in [0.717, 1.165) is 0 Å². The third-order valence-electron chi connectivity index (χ3n) is 3.16. The third-order valence-corrected chi connectivity index (χ3v) is 3.16. The molecular weight excluding hydrogens is 261 g/mol. The highest BCUT2D eigenvalue weighted by Crippen LogP contribution is 2.22. The van der Waals surface area contributed by atoms with E-state index in [4.69, 9.17) is 9.52 Å². The molecule has 0 aliphatic rings. The molecule has 0 atom stereocenters. The molecule has 1 aromatic heterocycles. The Kier molecular flexibility index (Phi) is 4.09. The molecule has 0 saturated heterocycles. The maximum Gasteiger partial charge on any atom is 0.224 e. The number of hydrogen-bond acceptors (Lipinski definition) is 3. The van der Waals surface area contributed by atoms with Crippen LogP contribution in [0, 0.1) is 11.2 Å². The second-order valence-corrected chi connectivity index (χ2v) is 5.68. The van der Waals surface area contributed by atoms with E-state index in [2.05, 4.69) is 5.32 Å². The maximum atomic E-state index is 13.2. The first-order valence-electron chi connectivity index (χ1n) is 6.44. The van der Waals surface area contributed by atoms with Gasteiger partial charge in [-0.25, -0.2) is 4.39 Å². The predicted molar refractivity (Wildman–Crippen MR) is 73.8 cm³/mol. The number of amides is 1. The Bertz CT molecular complexity index is 619. The number of benzene rings is 1. The van der Waals surface area contributed by atoms with E-state index in [0.29, 0.717) is 23.1 Å². The molecule has 0 aliphatic heterocycles. The summed E-state index contributed by atoms with van der Waals surface area (Å²) in [6.45, 7) is 4.09. The number of rotatable bonds is 5. The minimum absolute atomic E-state index is 0.00681. The van der Waals surface area contributed by atoms with Crippen molar-refractivity contribution in [2.45, 2.75) is 20.3 Å². The highest BCUT2D eigenvalue weighted by atomic mass is 19.1. The fourth-order valence-electron chi connectivity index (χ4n) is 1.82. The number of hydrogen-bond donors (Lipinski definition) is 2. The van der Waals surface area contributed by atoms with Crippen LogP contribution < -0.4 is 5.32 Å². The van der Waals surface area contributed by atoms with Crippen LogP contribution in [0.25, 0.3) is 11.0 Å². The van der Waals surface area contributed by atoms with Gasteiger partial charge in [0, 0.05) is 29.5 Å². The van der Waals surface area contributed by atoms with E-state index in [1.807, 2.05) is 13.8 Å². The van der Waals surface area contributed by atoms with Crippen molar-refractivity contribution >= 4 is 16.9 Å². The van der Waals surface area contributed by atoms with Crippen molar-refractivity contribution in [3.63, 3.8) is 0 Å². The largest absolute Gasteiger partial charge is 0.464 e. The molecule has 0 bridgehead atoms. The summed E-state index contributed by atoms with van der Waals surface area (Å²) in [5.74, 6) is -0.541. The van der Waals surface area contributed by atoms with Crippen LogP contribution in [-0.2, 0) is 11.2 Å². The fraction of sp³-hybridized carbons (Fsp3) is 0.400. The number of carbonyl (C=O) groups excluding carboxylic acids is 1. The molecule has 0 spiro atoms. The second kappa shape index (κ2) is 5.63. The molecule has 1 amide bonds. The number of aliphatic hydroxyl groups is 1. The smallest absolute Gasteiger partial charge is 0.224 e. The summed E-state index contributed by atoms with van der Waals surface area (Å²) < 4.78 is 18.5. The predicted octanol–water partition coefficient (Wildman–Crippen LogP) is 2.25. The van der Waals surface area contributed by atoms with Gasteiger partial charge in [0.1, 0.15) is 11.4 Å². The van der Waals surface area contributed by atoms with E-state index < -0.39 is 0 Å². The van der Waals surface area contributed by atoms with Crippen molar-refractivity contribution in [2.75, 3.05) is 13.2 Å². The van der Waals surface area contributed by atoms with Crippen molar-refractivity contribution in [3.05, 3.63) is 35.8 Å². The van der Waals surface area contributed by atoms with Gasteiger partial charge >= 0.3 is 0 Å². The Morgan fingerprint density at radius 1 is 1.45 bits per heavy atom. The first kappa shape index (κ1) is 14.5. The minimum atomic E-state index is -0.361. The lowest BCUT2D eigenvalue weighted by Crippen LogP contribution is -2.36. The molecule has 2 rings (SSSR count). The Balaban J connectivity index is 2.05. The lowest BCUT2D eigenvalue weighted by atomic mass is 9.95. The summed E-state index contributed by atoms with van der Waals surface area (Å²) in [5.41, 5.74) is 0.851. The molecule has 20 heavy (non-hydrogen) atoms. The van der Waals surface area contributed by atoms with Gasteiger partial charge in [-0.05, 0) is 18.2 Å². The minimum Gasteiger partial charge on any atom is -0.464 e. The van der Waals surface area contributed by atoms with Crippen LogP contribution in [0.4, 0.5) is 4.39 Å². The Morgan fingerprint density at radius 2 is 2.20 bits per heavy atom. The summed E-state index contributed by atoms with van der Waals surface area (Å²) in [5, 5.41) is 12.5. The molecule has 108 valence electrons. The maximum absolute atomic E-state index is 13.2. The van der Waals surface area contributed by atoms with E-state index in [1.165, 1.54) is 18.4 Å². The topological polar surface area (TPSA) is 62.5 Å². The molecule has 0 aliphatic carbocycles. The summed E-state index contributed by atoms with van der Waals surface area (Å²) in [7, 11) is 0. The summed E-state index contributed by atoms with van der Waals surface area (Å²) in [6.07, 6.45) is 1.60. The molecule has 0 saturated carbocycles. The number of halogens is 1. The van der Waals surface area contributed by atoms with Gasteiger partial charge in [-0.2, -0.15) is 0 Å². The van der Waals surface area contributed by atoms with E-state index >= 15 is 0 Å². The molecule has 2 aromatic rings. The summed E-state index contributed by atoms with van der Waals surface area (Å²) in [6, 6.07) is 4.22. The molecule has 2 N–H and O–H groups in total. The van der Waals surface area contributed by atoms with E-state index in [1.54, 1.807) is 6.07 Å². The van der Waals surface area contributed by atoms with Crippen LogP contribution in [0.2, 0.25) is 0 Å². The van der Waals surface area contributed by atoms with Gasteiger partial charge in [0.2, 0.25) is 5.91 Å². The van der Waals surface area contributed by atoms with Crippen molar-refractivity contribution in [1.29, 1.82) is 0 Å². The van der Waals surface area contributed by atoms with Gasteiger partial charge in [0.25, 0.3) is 0 Å². The number of furan rings is 1. The Hall–Kier alpha value is -1.88.